The van der Waals surface area contributed by atoms with Gasteiger partial charge in [-0.15, -0.1) is 5.10 Å². The maximum atomic E-state index is 14.3. The van der Waals surface area contributed by atoms with E-state index >= 15 is 0 Å². The summed E-state index contributed by atoms with van der Waals surface area (Å²) in [6.45, 7) is 9.36. The molecule has 0 radical (unpaired) electrons. The Hall–Kier alpha value is -3.34. The fraction of sp³-hybridized carbons (Fsp3) is 0.478. The standard InChI is InChI=1S/C23H28F2N8O/c1-11-5-15(10-31(9-11)19-8-27-32(13(19)3)12(2)14(4)34)21-29-22-17-6-16(24)7-18(25)20(17)28-23(26)33(22)30-21/h6-8,11-12,14-15,34H,5,9-10H2,1-4H3,(H2,26,28)/t11-,12-,14-,15+/m1/s1. The van der Waals surface area contributed by atoms with Gasteiger partial charge in [-0.1, -0.05) is 6.92 Å². The van der Waals surface area contributed by atoms with Crippen LogP contribution in [0.15, 0.2) is 18.3 Å². The molecule has 4 heterocycles. The van der Waals surface area contributed by atoms with Crippen LogP contribution in [0.1, 0.15) is 50.7 Å². The molecule has 0 saturated carbocycles. The number of rotatable bonds is 4. The number of nitrogens with two attached hydrogens (primary N) is 1. The molecule has 4 atom stereocenters. The van der Waals surface area contributed by atoms with E-state index in [4.69, 9.17) is 5.73 Å². The third-order valence-electron chi connectivity index (χ3n) is 6.80. The average molecular weight is 471 g/mol. The van der Waals surface area contributed by atoms with E-state index in [0.717, 1.165) is 30.4 Å². The normalized spacial score (nSPS) is 20.9. The Morgan fingerprint density at radius 1 is 1.18 bits per heavy atom. The van der Waals surface area contributed by atoms with Gasteiger partial charge in [-0.2, -0.15) is 9.61 Å². The molecule has 180 valence electrons. The number of piperidine rings is 1. The van der Waals surface area contributed by atoms with Gasteiger partial charge in [-0.3, -0.25) is 4.68 Å². The first-order valence-electron chi connectivity index (χ1n) is 11.4. The van der Waals surface area contributed by atoms with Crippen LogP contribution in [-0.4, -0.2) is 53.7 Å². The van der Waals surface area contributed by atoms with Gasteiger partial charge in [0.25, 0.3) is 0 Å². The van der Waals surface area contributed by atoms with Crippen molar-refractivity contribution < 1.29 is 13.9 Å². The lowest BCUT2D eigenvalue weighted by Gasteiger charge is -2.36. The Bertz CT molecular complexity index is 1380. The summed E-state index contributed by atoms with van der Waals surface area (Å²) < 4.78 is 31.4. The lowest BCUT2D eigenvalue weighted by atomic mass is 9.89. The summed E-state index contributed by atoms with van der Waals surface area (Å²) in [6, 6.07) is 1.84. The highest BCUT2D eigenvalue weighted by Crippen LogP contribution is 2.34. The van der Waals surface area contributed by atoms with Crippen LogP contribution in [0.2, 0.25) is 0 Å². The van der Waals surface area contributed by atoms with E-state index in [1.807, 2.05) is 24.7 Å². The first kappa shape index (κ1) is 22.5. The number of halogens is 2. The zero-order chi connectivity index (χ0) is 24.3. The Balaban J connectivity index is 1.53. The number of nitrogen functional groups attached to an aromatic ring is 1. The number of aliphatic hydroxyl groups is 1. The molecule has 11 heteroatoms. The van der Waals surface area contributed by atoms with Crippen LogP contribution >= 0.6 is 0 Å². The molecule has 1 aliphatic rings. The summed E-state index contributed by atoms with van der Waals surface area (Å²) in [5, 5.41) is 19.3. The molecular formula is C23H28F2N8O. The lowest BCUT2D eigenvalue weighted by Crippen LogP contribution is -2.39. The zero-order valence-corrected chi connectivity index (χ0v) is 19.6. The quantitative estimate of drug-likeness (QED) is 0.471. The summed E-state index contributed by atoms with van der Waals surface area (Å²) >= 11 is 0. The zero-order valence-electron chi connectivity index (χ0n) is 19.6. The third kappa shape index (κ3) is 3.64. The van der Waals surface area contributed by atoms with Crippen LogP contribution in [0.3, 0.4) is 0 Å². The second-order valence-corrected chi connectivity index (χ2v) is 9.44. The molecule has 0 spiro atoms. The Morgan fingerprint density at radius 3 is 2.68 bits per heavy atom. The smallest absolute Gasteiger partial charge is 0.223 e. The van der Waals surface area contributed by atoms with Crippen LogP contribution in [0, 0.1) is 24.5 Å². The minimum absolute atomic E-state index is 0.00305. The number of fused-ring (bicyclic) bond motifs is 3. The van der Waals surface area contributed by atoms with E-state index in [9.17, 15) is 13.9 Å². The molecule has 3 N–H and O–H groups in total. The Labute approximate surface area is 195 Å². The maximum Gasteiger partial charge on any atom is 0.223 e. The predicted octanol–water partition coefficient (Wildman–Crippen LogP) is 3.21. The fourth-order valence-electron chi connectivity index (χ4n) is 4.92. The molecule has 1 aromatic carbocycles. The first-order valence-corrected chi connectivity index (χ1v) is 11.4. The van der Waals surface area contributed by atoms with Crippen molar-refractivity contribution in [1.82, 2.24) is 29.4 Å². The number of benzene rings is 1. The topological polar surface area (TPSA) is 110 Å². The molecule has 0 aliphatic carbocycles. The highest BCUT2D eigenvalue weighted by Gasteiger charge is 2.31. The molecule has 3 aromatic heterocycles. The number of aromatic nitrogens is 6. The third-order valence-corrected chi connectivity index (χ3v) is 6.80. The summed E-state index contributed by atoms with van der Waals surface area (Å²) in [5.74, 6) is -0.608. The van der Waals surface area contributed by atoms with Crippen molar-refractivity contribution in [3.8, 4) is 0 Å². The van der Waals surface area contributed by atoms with Gasteiger partial charge in [-0.05, 0) is 39.2 Å². The minimum atomic E-state index is -0.787. The van der Waals surface area contributed by atoms with Gasteiger partial charge in [0.15, 0.2) is 17.3 Å². The van der Waals surface area contributed by atoms with E-state index in [1.165, 1.54) is 10.6 Å². The fourth-order valence-corrected chi connectivity index (χ4v) is 4.92. The van der Waals surface area contributed by atoms with Gasteiger partial charge in [0.2, 0.25) is 5.95 Å². The molecule has 34 heavy (non-hydrogen) atoms. The van der Waals surface area contributed by atoms with Crippen LogP contribution in [-0.2, 0) is 0 Å². The molecular weight excluding hydrogens is 442 g/mol. The number of hydrogen-bond donors (Lipinski definition) is 2. The average Bonchev–Trinajstić information content (AvgIpc) is 3.38. The van der Waals surface area contributed by atoms with Crippen LogP contribution in [0.25, 0.3) is 16.6 Å². The van der Waals surface area contributed by atoms with Gasteiger partial charge in [0, 0.05) is 25.1 Å². The summed E-state index contributed by atoms with van der Waals surface area (Å²) in [4.78, 5) is 11.0. The van der Waals surface area contributed by atoms with Crippen molar-refractivity contribution in [2.45, 2.75) is 52.2 Å². The largest absolute Gasteiger partial charge is 0.391 e. The summed E-state index contributed by atoms with van der Waals surface area (Å²) in [6.07, 6.45) is 2.17. The second kappa shape index (κ2) is 8.15. The van der Waals surface area contributed by atoms with Gasteiger partial charge < -0.3 is 15.7 Å². The van der Waals surface area contributed by atoms with E-state index in [-0.39, 0.29) is 34.5 Å². The van der Waals surface area contributed by atoms with Crippen molar-refractivity contribution in [1.29, 1.82) is 0 Å². The number of aliphatic hydroxyl groups excluding tert-OH is 1. The lowest BCUT2D eigenvalue weighted by molar-refractivity contribution is 0.131. The van der Waals surface area contributed by atoms with Crippen LogP contribution in [0.4, 0.5) is 20.4 Å². The van der Waals surface area contributed by atoms with Crippen molar-refractivity contribution in [2.75, 3.05) is 23.7 Å². The maximum absolute atomic E-state index is 14.3. The van der Waals surface area contributed by atoms with Crippen molar-refractivity contribution in [3.05, 3.63) is 41.5 Å². The summed E-state index contributed by atoms with van der Waals surface area (Å²) in [7, 11) is 0. The van der Waals surface area contributed by atoms with E-state index in [0.29, 0.717) is 18.3 Å². The van der Waals surface area contributed by atoms with Crippen LogP contribution < -0.4 is 10.6 Å². The second-order valence-electron chi connectivity index (χ2n) is 9.44. The molecule has 0 unspecified atom stereocenters. The Kier molecular flexibility index (Phi) is 5.38. The molecule has 0 bridgehead atoms. The van der Waals surface area contributed by atoms with Crippen molar-refractivity contribution >= 4 is 28.2 Å². The van der Waals surface area contributed by atoms with Gasteiger partial charge in [0.05, 0.1) is 35.1 Å². The van der Waals surface area contributed by atoms with Crippen LogP contribution in [0.5, 0.6) is 0 Å². The van der Waals surface area contributed by atoms with E-state index in [1.54, 1.807) is 6.92 Å². The molecule has 1 aliphatic heterocycles. The molecule has 4 aromatic rings. The monoisotopic (exact) mass is 470 g/mol. The molecule has 1 saturated heterocycles. The van der Waals surface area contributed by atoms with Gasteiger partial charge in [-0.25, -0.2) is 18.7 Å². The molecule has 1 fully saturated rings. The van der Waals surface area contributed by atoms with Crippen molar-refractivity contribution in [3.63, 3.8) is 0 Å². The SMILES string of the molecule is Cc1c(N2C[C@H](C)C[C@H](c3nc4c5cc(F)cc(F)c5nc(N)n4n3)C2)cnn1[C@H](C)[C@@H](C)O. The number of anilines is 2. The van der Waals surface area contributed by atoms with Gasteiger partial charge >= 0.3 is 0 Å². The van der Waals surface area contributed by atoms with Gasteiger partial charge in [0.1, 0.15) is 11.3 Å². The van der Waals surface area contributed by atoms with E-state index < -0.39 is 17.7 Å². The molecule has 0 amide bonds. The van der Waals surface area contributed by atoms with Crippen molar-refractivity contribution in [2.24, 2.45) is 5.92 Å². The molecule has 9 nitrogen and oxygen atoms in total. The number of hydrogen-bond acceptors (Lipinski definition) is 7. The molecule has 5 rings (SSSR count). The van der Waals surface area contributed by atoms with E-state index in [2.05, 4.69) is 32.0 Å². The number of nitrogens with zero attached hydrogens (tertiary/aromatic N) is 7. The highest BCUT2D eigenvalue weighted by atomic mass is 19.1. The predicted molar refractivity (Wildman–Crippen MR) is 125 cm³/mol. The first-order chi connectivity index (χ1) is 16.1. The Morgan fingerprint density at radius 2 is 1.94 bits per heavy atom. The minimum Gasteiger partial charge on any atom is -0.391 e. The summed E-state index contributed by atoms with van der Waals surface area (Å²) in [5.41, 5.74) is 8.28. The highest BCUT2D eigenvalue weighted by molar-refractivity contribution is 5.92.